The molecule has 0 spiro atoms. The molecule has 0 aliphatic carbocycles. The minimum atomic E-state index is -0.331. The van der Waals surface area contributed by atoms with Crippen molar-refractivity contribution in [3.8, 4) is 0 Å². The molecule has 0 amide bonds. The third-order valence-corrected chi connectivity index (χ3v) is 3.78. The van der Waals surface area contributed by atoms with Gasteiger partial charge < -0.3 is 9.84 Å². The molecule has 1 aliphatic heterocycles. The van der Waals surface area contributed by atoms with Crippen molar-refractivity contribution >= 4 is 5.78 Å². The van der Waals surface area contributed by atoms with Crippen LogP contribution in [0.5, 0.6) is 0 Å². The Balaban J connectivity index is 1.96. The van der Waals surface area contributed by atoms with E-state index in [0.29, 0.717) is 26.2 Å². The predicted molar refractivity (Wildman–Crippen MR) is 77.9 cm³/mol. The number of rotatable bonds is 6. The Hall–Kier alpha value is -1.23. The molecule has 2 rings (SSSR count). The second-order valence-electron chi connectivity index (χ2n) is 5.28. The van der Waals surface area contributed by atoms with E-state index in [-0.39, 0.29) is 17.9 Å². The number of aliphatic hydroxyl groups excluding tert-OH is 1. The molecule has 2 atom stereocenters. The highest BCUT2D eigenvalue weighted by Crippen LogP contribution is 2.15. The van der Waals surface area contributed by atoms with Gasteiger partial charge in [0.2, 0.25) is 0 Å². The number of carbonyl (C=O) groups excluding carboxylic acids is 1. The fourth-order valence-corrected chi connectivity index (χ4v) is 2.47. The van der Waals surface area contributed by atoms with E-state index in [1.807, 2.05) is 37.3 Å². The summed E-state index contributed by atoms with van der Waals surface area (Å²) in [6.07, 6.45) is 0.847. The van der Waals surface area contributed by atoms with Crippen molar-refractivity contribution in [2.45, 2.75) is 31.9 Å². The van der Waals surface area contributed by atoms with Crippen molar-refractivity contribution in [1.29, 1.82) is 0 Å². The Kier molecular flexibility index (Phi) is 5.71. The quantitative estimate of drug-likeness (QED) is 0.805. The van der Waals surface area contributed by atoms with Crippen LogP contribution in [0.4, 0.5) is 0 Å². The molecule has 1 heterocycles. The minimum Gasteiger partial charge on any atom is -0.392 e. The second-order valence-corrected chi connectivity index (χ2v) is 5.28. The number of β-amino-alcohol motifs (C(OH)–C–C–N with tert-alkyl or cyclic N) is 1. The van der Waals surface area contributed by atoms with Gasteiger partial charge in [-0.25, -0.2) is 0 Å². The van der Waals surface area contributed by atoms with E-state index >= 15 is 0 Å². The van der Waals surface area contributed by atoms with Gasteiger partial charge in [-0.2, -0.15) is 0 Å². The minimum absolute atomic E-state index is 0.0673. The summed E-state index contributed by atoms with van der Waals surface area (Å²) in [5, 5.41) is 9.81. The molecular formula is C16H23NO3. The van der Waals surface area contributed by atoms with Crippen LogP contribution in [0.2, 0.25) is 0 Å². The summed E-state index contributed by atoms with van der Waals surface area (Å²) in [5.41, 5.74) is 0.745. The maximum absolute atomic E-state index is 12.3. The average molecular weight is 277 g/mol. The molecule has 1 saturated heterocycles. The summed E-state index contributed by atoms with van der Waals surface area (Å²) < 4.78 is 5.49. The van der Waals surface area contributed by atoms with Crippen molar-refractivity contribution in [3.05, 3.63) is 35.9 Å². The third kappa shape index (κ3) is 4.13. The van der Waals surface area contributed by atoms with Gasteiger partial charge in [0.05, 0.1) is 19.3 Å². The zero-order chi connectivity index (χ0) is 14.4. The number of benzene rings is 1. The monoisotopic (exact) mass is 277 g/mol. The summed E-state index contributed by atoms with van der Waals surface area (Å²) in [4.78, 5) is 14.4. The first-order valence-corrected chi connectivity index (χ1v) is 7.28. The van der Waals surface area contributed by atoms with Gasteiger partial charge in [0.25, 0.3) is 0 Å². The Morgan fingerprint density at radius 1 is 1.45 bits per heavy atom. The number of nitrogens with zero attached hydrogens (tertiary/aromatic N) is 1. The molecule has 0 unspecified atom stereocenters. The van der Waals surface area contributed by atoms with Crippen molar-refractivity contribution in [1.82, 2.24) is 4.90 Å². The first kappa shape index (κ1) is 15.2. The normalized spacial score (nSPS) is 21.6. The molecule has 0 saturated carbocycles. The Labute approximate surface area is 120 Å². The fraction of sp³-hybridized carbons (Fsp3) is 0.562. The van der Waals surface area contributed by atoms with Gasteiger partial charge in [0.15, 0.2) is 5.78 Å². The number of Topliss-reactive ketones (excluding diaryl/α,β-unsaturated/α-hetero) is 1. The van der Waals surface area contributed by atoms with Gasteiger partial charge in [-0.05, 0) is 6.42 Å². The smallest absolute Gasteiger partial charge is 0.164 e. The van der Waals surface area contributed by atoms with Crippen LogP contribution in [0.3, 0.4) is 0 Å². The predicted octanol–water partition coefficient (Wildman–Crippen LogP) is 1.73. The SMILES string of the molecule is CC[C@@H](O)CN1CCOC[C@H]1CC(=O)c1ccccc1. The number of morpholine rings is 1. The number of hydrogen-bond acceptors (Lipinski definition) is 4. The Bertz CT molecular complexity index is 421. The van der Waals surface area contributed by atoms with Crippen LogP contribution in [-0.4, -0.2) is 54.2 Å². The van der Waals surface area contributed by atoms with E-state index in [2.05, 4.69) is 4.90 Å². The van der Waals surface area contributed by atoms with Gasteiger partial charge in [-0.15, -0.1) is 0 Å². The Morgan fingerprint density at radius 3 is 2.90 bits per heavy atom. The topological polar surface area (TPSA) is 49.8 Å². The molecule has 4 heteroatoms. The number of aliphatic hydroxyl groups is 1. The van der Waals surface area contributed by atoms with Gasteiger partial charge in [-0.1, -0.05) is 37.3 Å². The number of carbonyl (C=O) groups is 1. The first-order valence-electron chi connectivity index (χ1n) is 7.28. The van der Waals surface area contributed by atoms with Gasteiger partial charge in [-0.3, -0.25) is 9.69 Å². The van der Waals surface area contributed by atoms with Crippen LogP contribution in [0, 0.1) is 0 Å². The molecule has 1 aromatic rings. The van der Waals surface area contributed by atoms with E-state index in [1.54, 1.807) is 0 Å². The summed E-state index contributed by atoms with van der Waals surface area (Å²) in [6, 6.07) is 9.42. The summed E-state index contributed by atoms with van der Waals surface area (Å²) in [5.74, 6) is 0.136. The molecule has 20 heavy (non-hydrogen) atoms. The molecule has 0 bridgehead atoms. The third-order valence-electron chi connectivity index (χ3n) is 3.78. The second kappa shape index (κ2) is 7.53. The van der Waals surface area contributed by atoms with Crippen molar-refractivity contribution in [3.63, 3.8) is 0 Å². The lowest BCUT2D eigenvalue weighted by molar-refractivity contribution is -0.0271. The van der Waals surface area contributed by atoms with E-state index in [9.17, 15) is 9.90 Å². The van der Waals surface area contributed by atoms with E-state index in [1.165, 1.54) is 0 Å². The molecule has 1 aliphatic rings. The zero-order valence-electron chi connectivity index (χ0n) is 12.0. The lowest BCUT2D eigenvalue weighted by Crippen LogP contribution is -2.49. The van der Waals surface area contributed by atoms with Crippen LogP contribution in [-0.2, 0) is 4.74 Å². The first-order chi connectivity index (χ1) is 9.70. The molecular weight excluding hydrogens is 254 g/mol. The molecule has 0 aromatic heterocycles. The number of hydrogen-bond donors (Lipinski definition) is 1. The molecule has 1 fully saturated rings. The zero-order valence-corrected chi connectivity index (χ0v) is 12.0. The lowest BCUT2D eigenvalue weighted by atomic mass is 10.0. The maximum atomic E-state index is 12.3. The van der Waals surface area contributed by atoms with Crippen LogP contribution < -0.4 is 0 Å². The highest BCUT2D eigenvalue weighted by molar-refractivity contribution is 5.96. The standard InChI is InChI=1S/C16H23NO3/c1-2-15(18)11-17-8-9-20-12-14(17)10-16(19)13-6-4-3-5-7-13/h3-7,14-15,18H,2,8-12H2,1H3/t14-,15-/m1/s1. The maximum Gasteiger partial charge on any atom is 0.164 e. The molecule has 0 radical (unpaired) electrons. The van der Waals surface area contributed by atoms with E-state index < -0.39 is 0 Å². The van der Waals surface area contributed by atoms with Crippen LogP contribution in [0.1, 0.15) is 30.1 Å². The molecule has 1 aromatic carbocycles. The molecule has 4 nitrogen and oxygen atoms in total. The lowest BCUT2D eigenvalue weighted by Gasteiger charge is -2.36. The highest BCUT2D eigenvalue weighted by Gasteiger charge is 2.26. The van der Waals surface area contributed by atoms with Gasteiger partial charge >= 0.3 is 0 Å². The van der Waals surface area contributed by atoms with Gasteiger partial charge in [0, 0.05) is 31.1 Å². The molecule has 1 N–H and O–H groups in total. The summed E-state index contributed by atoms with van der Waals surface area (Å²) in [6.45, 7) is 4.60. The van der Waals surface area contributed by atoms with Crippen molar-refractivity contribution in [2.24, 2.45) is 0 Å². The molecule has 110 valence electrons. The summed E-state index contributed by atoms with van der Waals surface area (Å²) >= 11 is 0. The number of ketones is 1. The average Bonchev–Trinajstić information content (AvgIpc) is 2.50. The van der Waals surface area contributed by atoms with Crippen LogP contribution >= 0.6 is 0 Å². The highest BCUT2D eigenvalue weighted by atomic mass is 16.5. The summed E-state index contributed by atoms with van der Waals surface area (Å²) in [7, 11) is 0. The van der Waals surface area contributed by atoms with Crippen LogP contribution in [0.25, 0.3) is 0 Å². The fourth-order valence-electron chi connectivity index (χ4n) is 2.47. The van der Waals surface area contributed by atoms with Crippen LogP contribution in [0.15, 0.2) is 30.3 Å². The largest absolute Gasteiger partial charge is 0.392 e. The van der Waals surface area contributed by atoms with Gasteiger partial charge in [0.1, 0.15) is 0 Å². The van der Waals surface area contributed by atoms with Crippen molar-refractivity contribution in [2.75, 3.05) is 26.3 Å². The Morgan fingerprint density at radius 2 is 2.20 bits per heavy atom. The van der Waals surface area contributed by atoms with E-state index in [0.717, 1.165) is 18.5 Å². The number of ether oxygens (including phenoxy) is 1. The van der Waals surface area contributed by atoms with Crippen molar-refractivity contribution < 1.29 is 14.6 Å². The van der Waals surface area contributed by atoms with E-state index in [4.69, 9.17) is 4.74 Å².